The summed E-state index contributed by atoms with van der Waals surface area (Å²) in [5, 5.41) is 0. The second-order valence-electron chi connectivity index (χ2n) is 3.47. The summed E-state index contributed by atoms with van der Waals surface area (Å²) < 4.78 is 2.02. The summed E-state index contributed by atoms with van der Waals surface area (Å²) in [6.07, 6.45) is 0. The van der Waals surface area contributed by atoms with E-state index >= 15 is 0 Å². The van der Waals surface area contributed by atoms with Crippen LogP contribution in [0.5, 0.6) is 0 Å². The molecule has 0 bridgehead atoms. The zero-order chi connectivity index (χ0) is 12.0. The Morgan fingerprint density at radius 1 is 1.19 bits per heavy atom. The third kappa shape index (κ3) is 4.63. The van der Waals surface area contributed by atoms with E-state index in [2.05, 4.69) is 36.9 Å². The standard InChI is InChI=1S/C12H17N.2ClH.Ru/c1-4-13(5-2)10-12-9-7-6-8-11(12)3;;;/h3,6-9H,4-5,10H2,1-2H3;2*1H;/q;;;+2/p-2. The molecular formula is C12H17Cl2NRu. The molecule has 0 saturated heterocycles. The summed E-state index contributed by atoms with van der Waals surface area (Å²) in [6, 6.07) is 8.33. The SMILES string of the molecule is CCN(CC)Cc1ccccc1[CH]=[Ru]([Cl])[Cl]. The van der Waals surface area contributed by atoms with Crippen molar-refractivity contribution < 1.29 is 13.5 Å². The van der Waals surface area contributed by atoms with Crippen molar-refractivity contribution in [2.45, 2.75) is 20.4 Å². The van der Waals surface area contributed by atoms with Gasteiger partial charge in [0, 0.05) is 0 Å². The second kappa shape index (κ2) is 7.55. The normalized spacial score (nSPS) is 11.7. The van der Waals surface area contributed by atoms with Gasteiger partial charge in [0.25, 0.3) is 0 Å². The Morgan fingerprint density at radius 3 is 2.38 bits per heavy atom. The first kappa shape index (κ1) is 14.3. The van der Waals surface area contributed by atoms with E-state index in [4.69, 9.17) is 19.4 Å². The molecule has 4 heteroatoms. The van der Waals surface area contributed by atoms with Crippen molar-refractivity contribution in [2.75, 3.05) is 13.1 Å². The number of rotatable bonds is 5. The van der Waals surface area contributed by atoms with Crippen LogP contribution in [0.4, 0.5) is 0 Å². The Morgan fingerprint density at radius 2 is 1.81 bits per heavy atom. The number of hydrogen-bond acceptors (Lipinski definition) is 1. The van der Waals surface area contributed by atoms with Gasteiger partial charge in [-0.2, -0.15) is 0 Å². The Hall–Kier alpha value is 0.253. The molecule has 0 N–H and O–H groups in total. The molecule has 0 radical (unpaired) electrons. The predicted octanol–water partition coefficient (Wildman–Crippen LogP) is 3.60. The van der Waals surface area contributed by atoms with Crippen molar-refractivity contribution >= 4 is 24.0 Å². The third-order valence-electron chi connectivity index (χ3n) is 2.53. The van der Waals surface area contributed by atoms with Crippen molar-refractivity contribution in [3.05, 3.63) is 35.4 Å². The fraction of sp³-hybridized carbons (Fsp3) is 0.417. The molecule has 1 aromatic rings. The zero-order valence-corrected chi connectivity index (χ0v) is 12.8. The first-order valence-electron chi connectivity index (χ1n) is 5.30. The number of benzene rings is 1. The van der Waals surface area contributed by atoms with Crippen LogP contribution >= 0.6 is 19.4 Å². The van der Waals surface area contributed by atoms with Gasteiger partial charge in [-0.1, -0.05) is 0 Å². The van der Waals surface area contributed by atoms with Crippen molar-refractivity contribution in [3.63, 3.8) is 0 Å². The number of nitrogens with zero attached hydrogens (tertiary/aromatic N) is 1. The van der Waals surface area contributed by atoms with E-state index in [1.165, 1.54) is 11.1 Å². The molecule has 0 aliphatic carbocycles. The summed E-state index contributed by atoms with van der Waals surface area (Å²) >= 11 is -1.73. The van der Waals surface area contributed by atoms with Crippen LogP contribution in [-0.4, -0.2) is 22.6 Å². The van der Waals surface area contributed by atoms with Crippen LogP contribution in [0.15, 0.2) is 24.3 Å². The number of hydrogen-bond donors (Lipinski definition) is 0. The molecule has 0 aromatic heterocycles. The van der Waals surface area contributed by atoms with Crippen LogP contribution in [-0.2, 0) is 20.1 Å². The monoisotopic (exact) mass is 347 g/mol. The van der Waals surface area contributed by atoms with Crippen molar-refractivity contribution in [1.82, 2.24) is 4.90 Å². The molecule has 0 amide bonds. The Bertz CT molecular complexity index is 358. The van der Waals surface area contributed by atoms with Gasteiger partial charge in [-0.05, 0) is 0 Å². The molecule has 1 nitrogen and oxygen atoms in total. The predicted molar refractivity (Wildman–Crippen MR) is 69.9 cm³/mol. The molecule has 0 aliphatic heterocycles. The fourth-order valence-corrected chi connectivity index (χ4v) is 3.43. The molecule has 92 valence electrons. The maximum atomic E-state index is 5.93. The van der Waals surface area contributed by atoms with Gasteiger partial charge in [0.05, 0.1) is 0 Å². The molecule has 0 fully saturated rings. The molecule has 1 rings (SSSR count). The van der Waals surface area contributed by atoms with Gasteiger partial charge in [-0.25, -0.2) is 0 Å². The third-order valence-corrected chi connectivity index (χ3v) is 4.36. The van der Waals surface area contributed by atoms with E-state index in [1.807, 2.05) is 10.7 Å². The summed E-state index contributed by atoms with van der Waals surface area (Å²) in [4.78, 5) is 2.38. The van der Waals surface area contributed by atoms with Gasteiger partial charge in [0.1, 0.15) is 0 Å². The average Bonchev–Trinajstić information content (AvgIpc) is 2.27. The molecular weight excluding hydrogens is 330 g/mol. The van der Waals surface area contributed by atoms with Gasteiger partial charge < -0.3 is 0 Å². The Balaban J connectivity index is 2.90. The molecule has 0 atom stereocenters. The number of halogens is 2. The molecule has 0 aliphatic rings. The summed E-state index contributed by atoms with van der Waals surface area (Å²) in [5.74, 6) is 0. The van der Waals surface area contributed by atoms with Crippen LogP contribution in [0.2, 0.25) is 0 Å². The summed E-state index contributed by atoms with van der Waals surface area (Å²) in [6.45, 7) is 7.45. The van der Waals surface area contributed by atoms with Crippen molar-refractivity contribution in [1.29, 1.82) is 0 Å². The fourth-order valence-electron chi connectivity index (χ4n) is 1.55. The van der Waals surface area contributed by atoms with Crippen molar-refractivity contribution in [2.24, 2.45) is 0 Å². The van der Waals surface area contributed by atoms with E-state index in [-0.39, 0.29) is 0 Å². The van der Waals surface area contributed by atoms with Crippen LogP contribution in [0.1, 0.15) is 25.0 Å². The molecule has 16 heavy (non-hydrogen) atoms. The summed E-state index contributed by atoms with van der Waals surface area (Å²) in [5.41, 5.74) is 2.50. The zero-order valence-electron chi connectivity index (χ0n) is 9.56. The van der Waals surface area contributed by atoms with Crippen LogP contribution in [0.3, 0.4) is 0 Å². The van der Waals surface area contributed by atoms with E-state index in [0.29, 0.717) is 0 Å². The van der Waals surface area contributed by atoms with E-state index in [9.17, 15) is 0 Å². The van der Waals surface area contributed by atoms with Gasteiger partial charge in [0.15, 0.2) is 0 Å². The van der Waals surface area contributed by atoms with Gasteiger partial charge in [-0.15, -0.1) is 0 Å². The van der Waals surface area contributed by atoms with Gasteiger partial charge >= 0.3 is 111 Å². The first-order valence-corrected chi connectivity index (χ1v) is 10.8. The molecule has 1 aromatic carbocycles. The van der Waals surface area contributed by atoms with E-state index in [1.54, 1.807) is 0 Å². The topological polar surface area (TPSA) is 3.24 Å². The van der Waals surface area contributed by atoms with Gasteiger partial charge in [0.2, 0.25) is 0 Å². The van der Waals surface area contributed by atoms with Crippen LogP contribution < -0.4 is 0 Å². The molecule has 0 spiro atoms. The molecule has 0 unspecified atom stereocenters. The van der Waals surface area contributed by atoms with Crippen LogP contribution in [0, 0.1) is 0 Å². The van der Waals surface area contributed by atoms with Crippen LogP contribution in [0.25, 0.3) is 0 Å². The molecule has 0 saturated carbocycles. The van der Waals surface area contributed by atoms with Gasteiger partial charge in [-0.3, -0.25) is 0 Å². The minimum absolute atomic E-state index is 0.968. The minimum atomic E-state index is -1.73. The van der Waals surface area contributed by atoms with Crippen molar-refractivity contribution in [3.8, 4) is 0 Å². The Labute approximate surface area is 111 Å². The van der Waals surface area contributed by atoms with E-state index in [0.717, 1.165) is 19.6 Å². The average molecular weight is 347 g/mol. The Kier molecular flexibility index (Phi) is 6.76. The first-order chi connectivity index (χ1) is 7.67. The van der Waals surface area contributed by atoms with E-state index < -0.39 is 13.5 Å². The molecule has 0 heterocycles. The maximum absolute atomic E-state index is 5.93. The quantitative estimate of drug-likeness (QED) is 0.736. The second-order valence-corrected chi connectivity index (χ2v) is 9.19. The summed E-state index contributed by atoms with van der Waals surface area (Å²) in [7, 11) is 11.9.